The van der Waals surface area contributed by atoms with Gasteiger partial charge in [-0.05, 0) is 36.4 Å². The Labute approximate surface area is 117 Å². The van der Waals surface area contributed by atoms with Crippen LogP contribution >= 0.6 is 24.2 Å². The third-order valence-corrected chi connectivity index (χ3v) is 2.93. The van der Waals surface area contributed by atoms with Gasteiger partial charge in [-0.25, -0.2) is 4.39 Å². The van der Waals surface area contributed by atoms with E-state index in [4.69, 9.17) is 5.73 Å². The predicted octanol–water partition coefficient (Wildman–Crippen LogP) is 2.07. The van der Waals surface area contributed by atoms with E-state index in [2.05, 4.69) is 5.32 Å². The number of rotatable bonds is 5. The van der Waals surface area contributed by atoms with Crippen molar-refractivity contribution in [2.75, 3.05) is 6.26 Å². The van der Waals surface area contributed by atoms with E-state index in [9.17, 15) is 9.18 Å². The van der Waals surface area contributed by atoms with Crippen molar-refractivity contribution in [3.8, 4) is 0 Å². The molecule has 0 aliphatic carbocycles. The molecule has 0 saturated heterocycles. The Balaban J connectivity index is 0.00000289. The molecule has 0 aromatic heterocycles. The van der Waals surface area contributed by atoms with Gasteiger partial charge in [-0.3, -0.25) is 4.79 Å². The highest BCUT2D eigenvalue weighted by Crippen LogP contribution is 2.16. The van der Waals surface area contributed by atoms with E-state index in [1.165, 1.54) is 12.1 Å². The molecule has 0 radical (unpaired) electrons. The number of carbonyl (C=O) groups is 1. The standard InChI is InChI=1S/C12H17FN2OS.ClH/c1-8(14)12(16)15-6-9-3-4-11(13)5-10(9)7-17-2;/h3-5,8H,6-7,14H2,1-2H3,(H,15,16);1H/t8-;/m1./s1. The van der Waals surface area contributed by atoms with Crippen LogP contribution in [-0.4, -0.2) is 18.2 Å². The number of amides is 1. The van der Waals surface area contributed by atoms with Gasteiger partial charge in [0.05, 0.1) is 6.04 Å². The number of hydrogen-bond donors (Lipinski definition) is 2. The number of hydrogen-bond acceptors (Lipinski definition) is 3. The highest BCUT2D eigenvalue weighted by molar-refractivity contribution is 7.97. The van der Waals surface area contributed by atoms with Crippen molar-refractivity contribution in [3.05, 3.63) is 35.1 Å². The summed E-state index contributed by atoms with van der Waals surface area (Å²) in [6.07, 6.45) is 1.95. The van der Waals surface area contributed by atoms with E-state index in [0.29, 0.717) is 6.54 Å². The number of nitrogens with two attached hydrogens (primary N) is 1. The van der Waals surface area contributed by atoms with Crippen molar-refractivity contribution in [2.24, 2.45) is 5.73 Å². The summed E-state index contributed by atoms with van der Waals surface area (Å²) >= 11 is 1.61. The molecular weight excluding hydrogens is 275 g/mol. The summed E-state index contributed by atoms with van der Waals surface area (Å²) in [5.41, 5.74) is 7.28. The van der Waals surface area contributed by atoms with Crippen LogP contribution < -0.4 is 11.1 Å². The van der Waals surface area contributed by atoms with Crippen molar-refractivity contribution in [2.45, 2.75) is 25.3 Å². The summed E-state index contributed by atoms with van der Waals surface area (Å²) in [4.78, 5) is 11.3. The number of halogens is 2. The van der Waals surface area contributed by atoms with Gasteiger partial charge in [0.2, 0.25) is 5.91 Å². The molecule has 0 bridgehead atoms. The third-order valence-electron chi connectivity index (χ3n) is 2.33. The Morgan fingerprint density at radius 3 is 2.72 bits per heavy atom. The zero-order valence-electron chi connectivity index (χ0n) is 10.4. The van der Waals surface area contributed by atoms with E-state index in [1.807, 2.05) is 6.26 Å². The Morgan fingerprint density at radius 1 is 1.50 bits per heavy atom. The van der Waals surface area contributed by atoms with Gasteiger partial charge < -0.3 is 11.1 Å². The van der Waals surface area contributed by atoms with Gasteiger partial charge in [0, 0.05) is 12.3 Å². The molecule has 1 amide bonds. The van der Waals surface area contributed by atoms with Crippen molar-refractivity contribution >= 4 is 30.1 Å². The normalized spacial score (nSPS) is 11.6. The molecule has 1 atom stereocenters. The van der Waals surface area contributed by atoms with Crippen LogP contribution in [0.4, 0.5) is 4.39 Å². The van der Waals surface area contributed by atoms with Gasteiger partial charge >= 0.3 is 0 Å². The van der Waals surface area contributed by atoms with Crippen molar-refractivity contribution in [1.82, 2.24) is 5.32 Å². The maximum absolute atomic E-state index is 13.1. The molecule has 0 aliphatic heterocycles. The summed E-state index contributed by atoms with van der Waals surface area (Å²) in [5.74, 6) is 0.266. The van der Waals surface area contributed by atoms with Crippen LogP contribution in [0.3, 0.4) is 0 Å². The Bertz CT molecular complexity index is 402. The van der Waals surface area contributed by atoms with Crippen LogP contribution in [0.25, 0.3) is 0 Å². The van der Waals surface area contributed by atoms with Gasteiger partial charge in [0.15, 0.2) is 0 Å². The fourth-order valence-corrected chi connectivity index (χ4v) is 1.98. The smallest absolute Gasteiger partial charge is 0.236 e. The van der Waals surface area contributed by atoms with Crippen LogP contribution in [0.5, 0.6) is 0 Å². The van der Waals surface area contributed by atoms with Gasteiger partial charge in [-0.2, -0.15) is 11.8 Å². The highest BCUT2D eigenvalue weighted by atomic mass is 35.5. The summed E-state index contributed by atoms with van der Waals surface area (Å²) in [5, 5.41) is 2.72. The van der Waals surface area contributed by atoms with Gasteiger partial charge in [-0.15, -0.1) is 12.4 Å². The molecule has 0 heterocycles. The van der Waals surface area contributed by atoms with E-state index in [0.717, 1.165) is 16.9 Å². The highest BCUT2D eigenvalue weighted by Gasteiger charge is 2.09. The Kier molecular flexibility index (Phi) is 7.98. The number of carbonyl (C=O) groups excluding carboxylic acids is 1. The first-order valence-corrected chi connectivity index (χ1v) is 6.73. The minimum absolute atomic E-state index is 0. The minimum atomic E-state index is -0.528. The lowest BCUT2D eigenvalue weighted by atomic mass is 10.1. The zero-order chi connectivity index (χ0) is 12.8. The average Bonchev–Trinajstić information content (AvgIpc) is 2.28. The monoisotopic (exact) mass is 292 g/mol. The second-order valence-electron chi connectivity index (χ2n) is 3.85. The van der Waals surface area contributed by atoms with Gasteiger partial charge in [-0.1, -0.05) is 6.07 Å². The van der Waals surface area contributed by atoms with E-state index < -0.39 is 6.04 Å². The lowest BCUT2D eigenvalue weighted by Gasteiger charge is -2.11. The molecule has 1 aromatic rings. The molecular formula is C12H18ClFN2OS. The molecule has 1 aromatic carbocycles. The van der Waals surface area contributed by atoms with Crippen LogP contribution in [0, 0.1) is 5.82 Å². The van der Waals surface area contributed by atoms with Crippen LogP contribution in [0.1, 0.15) is 18.1 Å². The third kappa shape index (κ3) is 5.25. The van der Waals surface area contributed by atoms with Crippen molar-refractivity contribution in [1.29, 1.82) is 0 Å². The van der Waals surface area contributed by atoms with E-state index in [1.54, 1.807) is 24.8 Å². The fourth-order valence-electron chi connectivity index (χ4n) is 1.40. The van der Waals surface area contributed by atoms with Crippen LogP contribution in [0.15, 0.2) is 18.2 Å². The maximum atomic E-state index is 13.1. The molecule has 0 fully saturated rings. The van der Waals surface area contributed by atoms with Crippen molar-refractivity contribution in [3.63, 3.8) is 0 Å². The Hall–Kier alpha value is -0.780. The van der Waals surface area contributed by atoms with Gasteiger partial charge in [0.1, 0.15) is 5.82 Å². The second-order valence-corrected chi connectivity index (χ2v) is 4.72. The first-order valence-electron chi connectivity index (χ1n) is 5.34. The predicted molar refractivity (Wildman–Crippen MR) is 76.4 cm³/mol. The minimum Gasteiger partial charge on any atom is -0.351 e. The zero-order valence-corrected chi connectivity index (χ0v) is 12.0. The number of nitrogens with one attached hydrogen (secondary N) is 1. The van der Waals surface area contributed by atoms with Crippen LogP contribution in [0.2, 0.25) is 0 Å². The summed E-state index contributed by atoms with van der Waals surface area (Å²) in [7, 11) is 0. The fraction of sp³-hybridized carbons (Fsp3) is 0.417. The molecule has 0 spiro atoms. The quantitative estimate of drug-likeness (QED) is 0.873. The first kappa shape index (κ1) is 17.2. The lowest BCUT2D eigenvalue weighted by Crippen LogP contribution is -2.37. The molecule has 1 rings (SSSR count). The number of thioether (sulfide) groups is 1. The molecule has 0 saturated carbocycles. The maximum Gasteiger partial charge on any atom is 0.236 e. The first-order chi connectivity index (χ1) is 8.04. The van der Waals surface area contributed by atoms with Crippen LogP contribution in [-0.2, 0) is 17.1 Å². The average molecular weight is 293 g/mol. The van der Waals surface area contributed by atoms with Gasteiger partial charge in [0.25, 0.3) is 0 Å². The summed E-state index contributed by atoms with van der Waals surface area (Å²) < 4.78 is 13.1. The SMILES string of the molecule is CSCc1cc(F)ccc1CNC(=O)[C@@H](C)N.Cl. The van der Waals surface area contributed by atoms with E-state index >= 15 is 0 Å². The largest absolute Gasteiger partial charge is 0.351 e. The number of benzene rings is 1. The molecule has 0 aliphatic rings. The summed E-state index contributed by atoms with van der Waals surface area (Å²) in [6.45, 7) is 2.01. The Morgan fingerprint density at radius 2 is 2.17 bits per heavy atom. The molecule has 102 valence electrons. The van der Waals surface area contributed by atoms with E-state index in [-0.39, 0.29) is 24.1 Å². The summed E-state index contributed by atoms with van der Waals surface area (Å²) in [6, 6.07) is 4.07. The topological polar surface area (TPSA) is 55.1 Å². The lowest BCUT2D eigenvalue weighted by molar-refractivity contribution is -0.122. The second kappa shape index (κ2) is 8.34. The molecule has 3 N–H and O–H groups in total. The molecule has 0 unspecified atom stereocenters. The molecule has 6 heteroatoms. The molecule has 3 nitrogen and oxygen atoms in total. The van der Waals surface area contributed by atoms with Crippen molar-refractivity contribution < 1.29 is 9.18 Å². The molecule has 18 heavy (non-hydrogen) atoms.